The lowest BCUT2D eigenvalue weighted by molar-refractivity contribution is -0.121. The quantitative estimate of drug-likeness (QED) is 0.910. The van der Waals surface area contributed by atoms with Crippen molar-refractivity contribution in [2.75, 3.05) is 16.8 Å². The third kappa shape index (κ3) is 3.46. The largest absolute Gasteiger partial charge is 0.482 e. The summed E-state index contributed by atoms with van der Waals surface area (Å²) < 4.78 is 5.52. The van der Waals surface area contributed by atoms with Crippen LogP contribution in [0.15, 0.2) is 42.5 Å². The van der Waals surface area contributed by atoms with Crippen molar-refractivity contribution in [3.8, 4) is 5.75 Å². The van der Waals surface area contributed by atoms with Gasteiger partial charge < -0.3 is 15.0 Å². The van der Waals surface area contributed by atoms with Crippen LogP contribution in [0.4, 0.5) is 11.4 Å². The van der Waals surface area contributed by atoms with Crippen molar-refractivity contribution in [2.24, 2.45) is 5.92 Å². The van der Waals surface area contributed by atoms with Crippen molar-refractivity contribution in [1.82, 2.24) is 0 Å². The summed E-state index contributed by atoms with van der Waals surface area (Å²) in [6.07, 6.45) is 1.89. The maximum atomic E-state index is 12.4. The molecule has 0 spiro atoms. The van der Waals surface area contributed by atoms with Gasteiger partial charge in [-0.25, -0.2) is 0 Å². The number of benzene rings is 2. The monoisotopic (exact) mass is 356 g/mol. The number of amides is 2. The number of carbonyl (C=O) groups excluding carboxylic acids is 2. The zero-order chi connectivity index (χ0) is 17.4. The molecule has 128 valence electrons. The van der Waals surface area contributed by atoms with E-state index in [0.717, 1.165) is 18.4 Å². The van der Waals surface area contributed by atoms with E-state index in [1.807, 2.05) is 12.1 Å². The van der Waals surface area contributed by atoms with E-state index in [4.69, 9.17) is 16.3 Å². The number of nitrogens with one attached hydrogen (secondary N) is 1. The lowest BCUT2D eigenvalue weighted by atomic mass is 10.1. The molecule has 0 saturated heterocycles. The molecule has 5 nitrogen and oxygen atoms in total. The average Bonchev–Trinajstić information content (AvgIpc) is 3.44. The number of fused-ring (bicyclic) bond motifs is 1. The summed E-state index contributed by atoms with van der Waals surface area (Å²) in [6.45, 7) is 0.431. The van der Waals surface area contributed by atoms with Crippen LogP contribution in [0.25, 0.3) is 0 Å². The van der Waals surface area contributed by atoms with Gasteiger partial charge in [-0.05, 0) is 48.7 Å². The van der Waals surface area contributed by atoms with Crippen LogP contribution in [0, 0.1) is 5.92 Å². The molecule has 1 saturated carbocycles. The molecule has 0 atom stereocenters. The Morgan fingerprint density at radius 2 is 1.96 bits per heavy atom. The van der Waals surface area contributed by atoms with Crippen LogP contribution >= 0.6 is 11.6 Å². The standard InChI is InChI=1S/C19H17ClN2O3/c20-14-5-1-12(2-6-14)10-22-16-9-15(21-19(24)13-3-4-13)7-8-17(16)25-11-18(22)23/h1-2,5-9,13H,3-4,10-11H2,(H,21,24). The van der Waals surface area contributed by atoms with Gasteiger partial charge >= 0.3 is 0 Å². The van der Waals surface area contributed by atoms with Gasteiger partial charge in [0, 0.05) is 16.6 Å². The molecule has 0 aromatic heterocycles. The minimum Gasteiger partial charge on any atom is -0.482 e. The molecule has 0 unspecified atom stereocenters. The molecule has 1 aliphatic heterocycles. The minimum atomic E-state index is -0.117. The van der Waals surface area contributed by atoms with Crippen LogP contribution in [-0.2, 0) is 16.1 Å². The predicted octanol–water partition coefficient (Wildman–Crippen LogP) is 3.61. The number of ether oxygens (including phenoxy) is 1. The van der Waals surface area contributed by atoms with E-state index in [1.165, 1.54) is 0 Å². The summed E-state index contributed by atoms with van der Waals surface area (Å²) in [6, 6.07) is 12.8. The van der Waals surface area contributed by atoms with Crippen molar-refractivity contribution >= 4 is 34.8 Å². The van der Waals surface area contributed by atoms with Crippen LogP contribution in [0.2, 0.25) is 5.02 Å². The molecule has 1 fully saturated rings. The zero-order valence-corrected chi connectivity index (χ0v) is 14.3. The highest BCUT2D eigenvalue weighted by Gasteiger charge is 2.30. The smallest absolute Gasteiger partial charge is 0.265 e. The molecule has 2 amide bonds. The van der Waals surface area contributed by atoms with Gasteiger partial charge in [-0.3, -0.25) is 9.59 Å². The second-order valence-electron chi connectivity index (χ2n) is 6.34. The van der Waals surface area contributed by atoms with E-state index in [2.05, 4.69) is 5.32 Å². The summed E-state index contributed by atoms with van der Waals surface area (Å²) in [5.74, 6) is 0.678. The number of anilines is 2. The van der Waals surface area contributed by atoms with Crippen LogP contribution in [0.5, 0.6) is 5.75 Å². The highest BCUT2D eigenvalue weighted by molar-refractivity contribution is 6.30. The summed E-state index contributed by atoms with van der Waals surface area (Å²) in [5.41, 5.74) is 2.31. The zero-order valence-electron chi connectivity index (χ0n) is 13.5. The third-order valence-corrected chi connectivity index (χ3v) is 4.62. The second-order valence-corrected chi connectivity index (χ2v) is 6.78. The highest BCUT2D eigenvalue weighted by Crippen LogP contribution is 2.36. The molecule has 1 heterocycles. The first-order valence-electron chi connectivity index (χ1n) is 8.23. The van der Waals surface area contributed by atoms with Crippen molar-refractivity contribution in [2.45, 2.75) is 19.4 Å². The van der Waals surface area contributed by atoms with Crippen LogP contribution < -0.4 is 15.0 Å². The molecular formula is C19H17ClN2O3. The van der Waals surface area contributed by atoms with E-state index in [1.54, 1.807) is 35.2 Å². The molecule has 2 aromatic rings. The number of hydrogen-bond acceptors (Lipinski definition) is 3. The maximum absolute atomic E-state index is 12.4. The Morgan fingerprint density at radius 1 is 1.20 bits per heavy atom. The van der Waals surface area contributed by atoms with Gasteiger partial charge in [-0.2, -0.15) is 0 Å². The Bertz CT molecular complexity index is 831. The third-order valence-electron chi connectivity index (χ3n) is 4.37. The van der Waals surface area contributed by atoms with Crippen LogP contribution in [-0.4, -0.2) is 18.4 Å². The van der Waals surface area contributed by atoms with E-state index < -0.39 is 0 Å². The summed E-state index contributed by atoms with van der Waals surface area (Å²) >= 11 is 5.92. The van der Waals surface area contributed by atoms with Crippen LogP contribution in [0.1, 0.15) is 18.4 Å². The minimum absolute atomic E-state index is 0.00830. The fourth-order valence-electron chi connectivity index (χ4n) is 2.82. The molecule has 6 heteroatoms. The van der Waals surface area contributed by atoms with Gasteiger partial charge in [-0.15, -0.1) is 0 Å². The van der Waals surface area contributed by atoms with Gasteiger partial charge in [0.15, 0.2) is 6.61 Å². The Morgan fingerprint density at radius 3 is 2.68 bits per heavy atom. The molecule has 1 aliphatic carbocycles. The topological polar surface area (TPSA) is 58.6 Å². The van der Waals surface area contributed by atoms with Gasteiger partial charge in [0.25, 0.3) is 5.91 Å². The first-order valence-corrected chi connectivity index (χ1v) is 8.60. The first kappa shape index (κ1) is 16.0. The molecule has 0 radical (unpaired) electrons. The lowest BCUT2D eigenvalue weighted by Crippen LogP contribution is -2.38. The Hall–Kier alpha value is -2.53. The Labute approximate surface area is 150 Å². The number of rotatable bonds is 4. The van der Waals surface area contributed by atoms with Gasteiger partial charge in [0.1, 0.15) is 5.75 Å². The van der Waals surface area contributed by atoms with E-state index >= 15 is 0 Å². The molecule has 2 aliphatic rings. The number of carbonyl (C=O) groups is 2. The Kier molecular flexibility index (Phi) is 4.09. The highest BCUT2D eigenvalue weighted by atomic mass is 35.5. The molecular weight excluding hydrogens is 340 g/mol. The number of halogens is 1. The average molecular weight is 357 g/mol. The molecule has 0 bridgehead atoms. The van der Waals surface area contributed by atoms with Gasteiger partial charge in [0.05, 0.1) is 12.2 Å². The van der Waals surface area contributed by atoms with E-state index in [0.29, 0.717) is 28.7 Å². The number of hydrogen-bond donors (Lipinski definition) is 1. The normalized spacial score (nSPS) is 16.2. The predicted molar refractivity (Wildman–Crippen MR) is 95.9 cm³/mol. The van der Waals surface area contributed by atoms with Crippen molar-refractivity contribution < 1.29 is 14.3 Å². The molecule has 2 aromatic carbocycles. The first-order chi connectivity index (χ1) is 12.1. The van der Waals surface area contributed by atoms with Gasteiger partial charge in [0.2, 0.25) is 5.91 Å². The maximum Gasteiger partial charge on any atom is 0.265 e. The van der Waals surface area contributed by atoms with Gasteiger partial charge in [-0.1, -0.05) is 23.7 Å². The van der Waals surface area contributed by atoms with Crippen molar-refractivity contribution in [1.29, 1.82) is 0 Å². The summed E-state index contributed by atoms with van der Waals surface area (Å²) in [5, 5.41) is 3.57. The molecule has 1 N–H and O–H groups in total. The second kappa shape index (κ2) is 6.41. The Balaban J connectivity index is 1.60. The summed E-state index contributed by atoms with van der Waals surface area (Å²) in [4.78, 5) is 26.0. The van der Waals surface area contributed by atoms with Crippen molar-refractivity contribution in [3.05, 3.63) is 53.1 Å². The van der Waals surface area contributed by atoms with E-state index in [-0.39, 0.29) is 24.3 Å². The molecule has 4 rings (SSSR count). The molecule has 25 heavy (non-hydrogen) atoms. The van der Waals surface area contributed by atoms with E-state index in [9.17, 15) is 9.59 Å². The number of nitrogens with zero attached hydrogens (tertiary/aromatic N) is 1. The lowest BCUT2D eigenvalue weighted by Gasteiger charge is -2.30. The van der Waals surface area contributed by atoms with Crippen molar-refractivity contribution in [3.63, 3.8) is 0 Å². The fraction of sp³-hybridized carbons (Fsp3) is 0.263. The summed E-state index contributed by atoms with van der Waals surface area (Å²) in [7, 11) is 0. The fourth-order valence-corrected chi connectivity index (χ4v) is 2.94. The van der Waals surface area contributed by atoms with Crippen LogP contribution in [0.3, 0.4) is 0 Å². The SMILES string of the molecule is O=C(Nc1ccc2c(c1)N(Cc1ccc(Cl)cc1)C(=O)CO2)C1CC1.